The fourth-order valence-corrected chi connectivity index (χ4v) is 4.30. The largest absolute Gasteiger partial charge is 0.381 e. The molecule has 2 aliphatic rings. The third kappa shape index (κ3) is 3.64. The maximum atomic E-state index is 13.4. The minimum absolute atomic E-state index is 0.0317. The number of methoxy groups -OCH3 is 1. The Hall–Kier alpha value is -2.02. The van der Waals surface area contributed by atoms with Crippen molar-refractivity contribution in [3.63, 3.8) is 0 Å². The number of amides is 1. The number of pyridine rings is 1. The van der Waals surface area contributed by atoms with Crippen LogP contribution in [-0.2, 0) is 22.4 Å². The average Bonchev–Trinajstić information content (AvgIpc) is 2.76. The molecule has 1 fully saturated rings. The van der Waals surface area contributed by atoms with Crippen LogP contribution < -0.4 is 5.32 Å². The molecule has 150 valence electrons. The van der Waals surface area contributed by atoms with E-state index < -0.39 is 0 Å². The molecule has 0 aliphatic carbocycles. The van der Waals surface area contributed by atoms with E-state index in [0.29, 0.717) is 19.8 Å². The Morgan fingerprint density at radius 1 is 1.32 bits per heavy atom. The summed E-state index contributed by atoms with van der Waals surface area (Å²) in [4.78, 5) is 20.6. The summed E-state index contributed by atoms with van der Waals surface area (Å²) in [6.07, 6.45) is 2.47. The summed E-state index contributed by atoms with van der Waals surface area (Å²) >= 11 is 0. The van der Waals surface area contributed by atoms with Crippen molar-refractivity contribution >= 4 is 16.8 Å². The topological polar surface area (TPSA) is 63.7 Å². The first kappa shape index (κ1) is 19.3. The summed E-state index contributed by atoms with van der Waals surface area (Å²) in [6, 6.07) is 7.95. The van der Waals surface area contributed by atoms with Gasteiger partial charge in [-0.25, -0.2) is 0 Å². The van der Waals surface area contributed by atoms with Gasteiger partial charge in [0.1, 0.15) is 0 Å². The molecule has 6 nitrogen and oxygen atoms in total. The Morgan fingerprint density at radius 3 is 2.86 bits per heavy atom. The van der Waals surface area contributed by atoms with E-state index in [1.165, 1.54) is 0 Å². The summed E-state index contributed by atoms with van der Waals surface area (Å²) in [5, 5.41) is 4.10. The molecule has 2 aliphatic heterocycles. The smallest absolute Gasteiger partial charge is 0.252 e. The number of carbonyl (C=O) groups is 1. The summed E-state index contributed by atoms with van der Waals surface area (Å²) < 4.78 is 11.3. The van der Waals surface area contributed by atoms with Gasteiger partial charge in [0.05, 0.1) is 16.7 Å². The Bertz CT molecular complexity index is 861. The zero-order valence-electron chi connectivity index (χ0n) is 16.8. The molecule has 4 rings (SSSR count). The van der Waals surface area contributed by atoms with Gasteiger partial charge in [-0.1, -0.05) is 25.1 Å². The molecular weight excluding hydrogens is 354 g/mol. The van der Waals surface area contributed by atoms with Gasteiger partial charge in [0.2, 0.25) is 0 Å². The van der Waals surface area contributed by atoms with Crippen LogP contribution in [0.2, 0.25) is 0 Å². The van der Waals surface area contributed by atoms with Gasteiger partial charge in [-0.05, 0) is 12.6 Å². The van der Waals surface area contributed by atoms with Crippen LogP contribution >= 0.6 is 0 Å². The molecule has 0 atom stereocenters. The standard InChI is InChI=1S/C22H29N3O3/c1-3-25-11-8-19-17(14-25)20(16-6-4-5-7-18(16)24-19)21(26)23-15-22(27-2)9-12-28-13-10-22/h4-7H,3,8-15H2,1-2H3,(H,23,26). The fourth-order valence-electron chi connectivity index (χ4n) is 4.30. The SMILES string of the molecule is CCN1CCc2nc3ccccc3c(C(=O)NCC3(OC)CCOCC3)c2C1. The number of nitrogens with one attached hydrogen (secondary N) is 1. The van der Waals surface area contributed by atoms with Crippen molar-refractivity contribution in [3.05, 3.63) is 41.1 Å². The van der Waals surface area contributed by atoms with Crippen LogP contribution in [0.4, 0.5) is 0 Å². The molecular formula is C22H29N3O3. The van der Waals surface area contributed by atoms with Crippen molar-refractivity contribution in [1.82, 2.24) is 15.2 Å². The van der Waals surface area contributed by atoms with Crippen molar-refractivity contribution in [3.8, 4) is 0 Å². The quantitative estimate of drug-likeness (QED) is 0.860. The minimum Gasteiger partial charge on any atom is -0.381 e. The third-order valence-corrected chi connectivity index (χ3v) is 6.21. The number of nitrogens with zero attached hydrogens (tertiary/aromatic N) is 2. The van der Waals surface area contributed by atoms with Crippen LogP contribution in [0.25, 0.3) is 10.9 Å². The number of hydrogen-bond acceptors (Lipinski definition) is 5. The number of carbonyl (C=O) groups excluding carboxylic acids is 1. The predicted molar refractivity (Wildman–Crippen MR) is 109 cm³/mol. The molecule has 3 heterocycles. The van der Waals surface area contributed by atoms with E-state index in [9.17, 15) is 4.79 Å². The fraction of sp³-hybridized carbons (Fsp3) is 0.545. The summed E-state index contributed by atoms with van der Waals surface area (Å²) in [5.74, 6) is -0.0317. The zero-order valence-corrected chi connectivity index (χ0v) is 16.8. The van der Waals surface area contributed by atoms with Crippen LogP contribution in [0.1, 0.15) is 41.4 Å². The van der Waals surface area contributed by atoms with Gasteiger partial charge in [0.25, 0.3) is 5.91 Å². The van der Waals surface area contributed by atoms with Gasteiger partial charge in [-0.3, -0.25) is 14.7 Å². The van der Waals surface area contributed by atoms with E-state index >= 15 is 0 Å². The van der Waals surface area contributed by atoms with Gasteiger partial charge in [-0.15, -0.1) is 0 Å². The molecule has 0 radical (unpaired) electrons. The number of aromatic nitrogens is 1. The second kappa shape index (κ2) is 8.15. The molecule has 1 aromatic heterocycles. The molecule has 0 bridgehead atoms. The molecule has 0 unspecified atom stereocenters. The highest BCUT2D eigenvalue weighted by atomic mass is 16.5. The molecule has 2 aromatic rings. The first-order chi connectivity index (χ1) is 13.7. The zero-order chi connectivity index (χ0) is 19.6. The first-order valence-electron chi connectivity index (χ1n) is 10.2. The molecule has 1 amide bonds. The number of benzene rings is 1. The second-order valence-corrected chi connectivity index (χ2v) is 7.73. The number of rotatable bonds is 5. The Morgan fingerprint density at radius 2 is 2.11 bits per heavy atom. The van der Waals surface area contributed by atoms with Crippen molar-refractivity contribution in [2.24, 2.45) is 0 Å². The Labute approximate surface area is 166 Å². The normalized spacial score (nSPS) is 19.4. The first-order valence-corrected chi connectivity index (χ1v) is 10.2. The lowest BCUT2D eigenvalue weighted by molar-refractivity contribution is -0.0864. The minimum atomic E-state index is -0.341. The number of ether oxygens (including phenoxy) is 2. The van der Waals surface area contributed by atoms with E-state index in [4.69, 9.17) is 14.5 Å². The number of para-hydroxylation sites is 1. The predicted octanol–water partition coefficient (Wildman–Crippen LogP) is 2.54. The van der Waals surface area contributed by atoms with E-state index in [1.54, 1.807) is 7.11 Å². The van der Waals surface area contributed by atoms with Crippen LogP contribution in [0.15, 0.2) is 24.3 Å². The van der Waals surface area contributed by atoms with E-state index in [1.807, 2.05) is 24.3 Å². The number of hydrogen-bond donors (Lipinski definition) is 1. The summed E-state index contributed by atoms with van der Waals surface area (Å²) in [6.45, 7) is 6.73. The molecule has 6 heteroatoms. The van der Waals surface area contributed by atoms with Crippen molar-refractivity contribution in [2.45, 2.75) is 38.3 Å². The lowest BCUT2D eigenvalue weighted by Crippen LogP contribution is -2.48. The highest BCUT2D eigenvalue weighted by Gasteiger charge is 2.34. The van der Waals surface area contributed by atoms with Crippen LogP contribution in [0.5, 0.6) is 0 Å². The van der Waals surface area contributed by atoms with E-state index in [2.05, 4.69) is 17.1 Å². The van der Waals surface area contributed by atoms with Crippen LogP contribution in [0.3, 0.4) is 0 Å². The van der Waals surface area contributed by atoms with Gasteiger partial charge < -0.3 is 14.8 Å². The van der Waals surface area contributed by atoms with E-state index in [0.717, 1.165) is 66.6 Å². The van der Waals surface area contributed by atoms with Crippen LogP contribution in [0, 0.1) is 0 Å². The molecule has 1 N–H and O–H groups in total. The highest BCUT2D eigenvalue weighted by Crippen LogP contribution is 2.29. The summed E-state index contributed by atoms with van der Waals surface area (Å²) in [7, 11) is 1.72. The molecule has 1 aromatic carbocycles. The van der Waals surface area contributed by atoms with Crippen LogP contribution in [-0.4, -0.2) is 61.3 Å². The van der Waals surface area contributed by atoms with Gasteiger partial charge in [0.15, 0.2) is 0 Å². The number of likely N-dealkylation sites (N-methyl/N-ethyl adjacent to an activating group) is 1. The molecule has 0 spiro atoms. The summed E-state index contributed by atoms with van der Waals surface area (Å²) in [5.41, 5.74) is 3.46. The third-order valence-electron chi connectivity index (χ3n) is 6.21. The molecule has 0 saturated carbocycles. The monoisotopic (exact) mass is 383 g/mol. The average molecular weight is 383 g/mol. The molecule has 28 heavy (non-hydrogen) atoms. The molecule has 1 saturated heterocycles. The lowest BCUT2D eigenvalue weighted by Gasteiger charge is -2.36. The van der Waals surface area contributed by atoms with Crippen molar-refractivity contribution in [1.29, 1.82) is 0 Å². The van der Waals surface area contributed by atoms with Gasteiger partial charge in [0, 0.05) is 75.9 Å². The maximum absolute atomic E-state index is 13.4. The number of fused-ring (bicyclic) bond motifs is 2. The lowest BCUT2D eigenvalue weighted by atomic mass is 9.92. The van der Waals surface area contributed by atoms with Gasteiger partial charge >= 0.3 is 0 Å². The van der Waals surface area contributed by atoms with Gasteiger partial charge in [-0.2, -0.15) is 0 Å². The maximum Gasteiger partial charge on any atom is 0.252 e. The highest BCUT2D eigenvalue weighted by molar-refractivity contribution is 6.07. The Balaban J connectivity index is 1.67. The van der Waals surface area contributed by atoms with E-state index in [-0.39, 0.29) is 11.5 Å². The second-order valence-electron chi connectivity index (χ2n) is 7.73. The van der Waals surface area contributed by atoms with Crippen molar-refractivity contribution in [2.75, 3.05) is 40.0 Å². The Kier molecular flexibility index (Phi) is 5.62. The van der Waals surface area contributed by atoms with Crippen molar-refractivity contribution < 1.29 is 14.3 Å².